The first-order valence-electron chi connectivity index (χ1n) is 12.8. The minimum absolute atomic E-state index is 0.00740. The highest BCUT2D eigenvalue weighted by molar-refractivity contribution is 6.14. The maximum Gasteiger partial charge on any atom is 0.340 e. The first-order chi connectivity index (χ1) is 17.9. The quantitative estimate of drug-likeness (QED) is 0.290. The summed E-state index contributed by atoms with van der Waals surface area (Å²) in [5, 5.41) is 11.5. The van der Waals surface area contributed by atoms with E-state index in [1.54, 1.807) is 30.9 Å². The molecule has 1 saturated carbocycles. The molecule has 0 aromatic carbocycles. The van der Waals surface area contributed by atoms with Crippen molar-refractivity contribution in [3.63, 3.8) is 0 Å². The Kier molecular flexibility index (Phi) is 7.27. The summed E-state index contributed by atoms with van der Waals surface area (Å²) in [7, 11) is 1.46. The molecule has 38 heavy (non-hydrogen) atoms. The lowest BCUT2D eigenvalue weighted by atomic mass is 9.53. The summed E-state index contributed by atoms with van der Waals surface area (Å²) in [6.45, 7) is 13.0. The van der Waals surface area contributed by atoms with Crippen LogP contribution in [0.3, 0.4) is 0 Å². The van der Waals surface area contributed by atoms with E-state index in [0.29, 0.717) is 25.1 Å². The van der Waals surface area contributed by atoms with E-state index in [2.05, 4.69) is 13.2 Å². The number of ketones is 2. The number of fused-ring (bicyclic) bond motifs is 4. The van der Waals surface area contributed by atoms with Crippen molar-refractivity contribution in [1.29, 1.82) is 0 Å². The van der Waals surface area contributed by atoms with Crippen LogP contribution in [0.25, 0.3) is 0 Å². The molecule has 5 atom stereocenters. The number of carbonyl (C=O) groups excluding carboxylic acids is 4. The summed E-state index contributed by atoms with van der Waals surface area (Å²) in [6.07, 6.45) is 3.89. The predicted octanol–water partition coefficient (Wildman–Crippen LogP) is 3.13. The van der Waals surface area contributed by atoms with Gasteiger partial charge >= 0.3 is 11.9 Å². The summed E-state index contributed by atoms with van der Waals surface area (Å²) in [5.74, 6) is -2.99. The summed E-state index contributed by atoms with van der Waals surface area (Å²) in [6, 6.07) is 0. The zero-order chi connectivity index (χ0) is 28.0. The van der Waals surface area contributed by atoms with Crippen LogP contribution in [0.1, 0.15) is 40.0 Å². The third kappa shape index (κ3) is 4.04. The number of ether oxygens (including phenoxy) is 3. The van der Waals surface area contributed by atoms with Gasteiger partial charge in [0.2, 0.25) is 5.78 Å². The molecule has 4 aliphatic rings. The van der Waals surface area contributed by atoms with Crippen LogP contribution < -0.4 is 0 Å². The van der Waals surface area contributed by atoms with Gasteiger partial charge in [-0.1, -0.05) is 19.1 Å². The molecule has 1 aliphatic heterocycles. The summed E-state index contributed by atoms with van der Waals surface area (Å²) in [4.78, 5) is 54.3. The van der Waals surface area contributed by atoms with Crippen LogP contribution in [-0.2, 0) is 33.4 Å². The lowest BCUT2D eigenvalue weighted by molar-refractivity contribution is -0.160. The molecule has 0 amide bonds. The van der Waals surface area contributed by atoms with Gasteiger partial charge in [0.05, 0.1) is 17.6 Å². The Morgan fingerprint density at radius 2 is 1.87 bits per heavy atom. The SMILES string of the molecule is C=CCN(/C=C1\C(=O)OC(COC)[C@@]2(C)C1=C(O)C(=O)C1=C2C(OC(C)=O)C[C@]2(C)C(=O)CCC12)CC=C. The van der Waals surface area contributed by atoms with Gasteiger partial charge < -0.3 is 24.2 Å². The molecule has 0 aromatic rings. The fraction of sp³-hybridized carbons (Fsp3) is 0.517. The Morgan fingerprint density at radius 1 is 1.21 bits per heavy atom. The van der Waals surface area contributed by atoms with Gasteiger partial charge in [-0.25, -0.2) is 4.79 Å². The number of cyclic esters (lactones) is 1. The Balaban J connectivity index is 2.02. The van der Waals surface area contributed by atoms with E-state index in [0.717, 1.165) is 0 Å². The second-order valence-corrected chi connectivity index (χ2v) is 10.7. The van der Waals surface area contributed by atoms with Gasteiger partial charge in [0.15, 0.2) is 5.76 Å². The van der Waals surface area contributed by atoms with E-state index in [4.69, 9.17) is 14.2 Å². The van der Waals surface area contributed by atoms with Crippen LogP contribution in [0.2, 0.25) is 0 Å². The molecule has 0 aromatic heterocycles. The minimum atomic E-state index is -1.27. The summed E-state index contributed by atoms with van der Waals surface area (Å²) in [5.41, 5.74) is -1.35. The minimum Gasteiger partial charge on any atom is -0.504 e. The van der Waals surface area contributed by atoms with Crippen LogP contribution in [-0.4, -0.2) is 72.5 Å². The first-order valence-corrected chi connectivity index (χ1v) is 12.8. The van der Waals surface area contributed by atoms with Crippen molar-refractivity contribution in [3.8, 4) is 0 Å². The highest BCUT2D eigenvalue weighted by atomic mass is 16.6. The smallest absolute Gasteiger partial charge is 0.340 e. The number of esters is 2. The van der Waals surface area contributed by atoms with E-state index >= 15 is 0 Å². The topological polar surface area (TPSA) is 119 Å². The molecule has 9 heteroatoms. The molecule has 1 heterocycles. The molecule has 0 spiro atoms. The number of hydrogen-bond donors (Lipinski definition) is 1. The van der Waals surface area contributed by atoms with Crippen molar-refractivity contribution < 1.29 is 38.5 Å². The zero-order valence-electron chi connectivity index (χ0n) is 22.4. The van der Waals surface area contributed by atoms with Gasteiger partial charge in [0, 0.05) is 68.6 Å². The van der Waals surface area contributed by atoms with Gasteiger partial charge in [-0.05, 0) is 18.9 Å². The summed E-state index contributed by atoms with van der Waals surface area (Å²) >= 11 is 0. The normalized spacial score (nSPS) is 33.4. The molecule has 1 N–H and O–H groups in total. The number of nitrogens with zero attached hydrogens (tertiary/aromatic N) is 1. The third-order valence-corrected chi connectivity index (χ3v) is 8.46. The highest BCUT2D eigenvalue weighted by Crippen LogP contribution is 2.62. The standard InChI is InChI=1S/C29H35NO8/c1-7-11-30(12-8-2)14-17-23-26(34)25(33)22-18-9-10-20(32)28(18,4)13-19(37-16(3)31)24(22)29(23,5)21(15-36-6)38-27(17)35/h7-8,14,18-19,21,34H,1-2,9-13,15H2,3-6H3/b17-14-/t18?,19?,21?,28-,29-/m0/s1. The maximum absolute atomic E-state index is 14.0. The van der Waals surface area contributed by atoms with E-state index in [1.807, 2.05) is 0 Å². The number of methoxy groups -OCH3 is 1. The third-order valence-electron chi connectivity index (χ3n) is 8.46. The molecule has 1 saturated heterocycles. The lowest BCUT2D eigenvalue weighted by Crippen LogP contribution is -2.57. The zero-order valence-corrected chi connectivity index (χ0v) is 22.4. The van der Waals surface area contributed by atoms with Crippen molar-refractivity contribution in [1.82, 2.24) is 4.90 Å². The average Bonchev–Trinajstić information content (AvgIpc) is 3.13. The molecule has 0 radical (unpaired) electrons. The monoisotopic (exact) mass is 525 g/mol. The van der Waals surface area contributed by atoms with Crippen LogP contribution in [0.15, 0.2) is 59.6 Å². The fourth-order valence-corrected chi connectivity index (χ4v) is 6.78. The number of aliphatic hydroxyl groups is 1. The lowest BCUT2D eigenvalue weighted by Gasteiger charge is -2.53. The van der Waals surface area contributed by atoms with Crippen LogP contribution in [0, 0.1) is 16.7 Å². The molecule has 2 fully saturated rings. The van der Waals surface area contributed by atoms with Crippen molar-refractivity contribution in [3.05, 3.63) is 59.6 Å². The van der Waals surface area contributed by atoms with Gasteiger partial charge in [-0.3, -0.25) is 14.4 Å². The van der Waals surface area contributed by atoms with Gasteiger partial charge in [-0.15, -0.1) is 13.2 Å². The first kappa shape index (κ1) is 27.6. The number of carbonyl (C=O) groups is 4. The molecule has 4 rings (SSSR count). The predicted molar refractivity (Wildman–Crippen MR) is 138 cm³/mol. The molecular weight excluding hydrogens is 490 g/mol. The van der Waals surface area contributed by atoms with Crippen molar-refractivity contribution in [2.24, 2.45) is 16.7 Å². The second kappa shape index (κ2) is 10.0. The van der Waals surface area contributed by atoms with Gasteiger partial charge in [0.25, 0.3) is 0 Å². The van der Waals surface area contributed by atoms with Gasteiger partial charge in [0.1, 0.15) is 18.0 Å². The fourth-order valence-electron chi connectivity index (χ4n) is 6.78. The van der Waals surface area contributed by atoms with E-state index in [-0.39, 0.29) is 42.0 Å². The van der Waals surface area contributed by atoms with Crippen molar-refractivity contribution in [2.75, 3.05) is 26.8 Å². The highest BCUT2D eigenvalue weighted by Gasteiger charge is 2.64. The molecule has 0 bridgehead atoms. The number of allylic oxidation sites excluding steroid dienone is 1. The summed E-state index contributed by atoms with van der Waals surface area (Å²) < 4.78 is 17.1. The average molecular weight is 526 g/mol. The van der Waals surface area contributed by atoms with Crippen LogP contribution >= 0.6 is 0 Å². The largest absolute Gasteiger partial charge is 0.504 e. The number of hydrogen-bond acceptors (Lipinski definition) is 9. The molecule has 9 nitrogen and oxygen atoms in total. The molecular formula is C29H35NO8. The van der Waals surface area contributed by atoms with Crippen LogP contribution in [0.5, 0.6) is 0 Å². The number of aliphatic hydroxyl groups excluding tert-OH is 1. The molecule has 3 unspecified atom stereocenters. The Labute approximate surface area is 222 Å². The van der Waals surface area contributed by atoms with Crippen molar-refractivity contribution in [2.45, 2.75) is 52.2 Å². The second-order valence-electron chi connectivity index (χ2n) is 10.7. The molecule has 204 valence electrons. The van der Waals surface area contributed by atoms with E-state index < -0.39 is 52.4 Å². The maximum atomic E-state index is 14.0. The Morgan fingerprint density at radius 3 is 2.45 bits per heavy atom. The number of Topliss-reactive ketones (excluding diaryl/α,β-unsaturated/α-hetero) is 2. The Hall–Kier alpha value is -3.46. The van der Waals surface area contributed by atoms with E-state index in [1.165, 1.54) is 20.2 Å². The Bertz CT molecular complexity index is 1200. The number of rotatable bonds is 8. The molecule has 3 aliphatic carbocycles. The van der Waals surface area contributed by atoms with Crippen LogP contribution in [0.4, 0.5) is 0 Å². The van der Waals surface area contributed by atoms with E-state index in [9.17, 15) is 24.3 Å². The van der Waals surface area contributed by atoms with Gasteiger partial charge in [-0.2, -0.15) is 0 Å². The van der Waals surface area contributed by atoms with Crippen molar-refractivity contribution >= 4 is 23.5 Å².